The van der Waals surface area contributed by atoms with E-state index in [0.29, 0.717) is 21.2 Å². The van der Waals surface area contributed by atoms with Crippen molar-refractivity contribution in [2.75, 3.05) is 13.2 Å². The third-order valence-corrected chi connectivity index (χ3v) is 5.34. The number of ether oxygens (including phenoxy) is 2. The zero-order valence-corrected chi connectivity index (χ0v) is 20.2. The first-order chi connectivity index (χ1) is 13.7. The van der Waals surface area contributed by atoms with Gasteiger partial charge in [0.25, 0.3) is 11.8 Å². The summed E-state index contributed by atoms with van der Waals surface area (Å²) in [6.45, 7) is 3.54. The zero-order valence-electron chi connectivity index (χ0n) is 15.5. The van der Waals surface area contributed by atoms with Crippen molar-refractivity contribution in [2.24, 2.45) is 0 Å². The first-order valence-corrected chi connectivity index (χ1v) is 10.8. The average Bonchev–Trinajstić information content (AvgIpc) is 2.64. The maximum atomic E-state index is 11.9. The molecule has 29 heavy (non-hydrogen) atoms. The van der Waals surface area contributed by atoms with Crippen LogP contribution in [-0.4, -0.2) is 25.0 Å². The summed E-state index contributed by atoms with van der Waals surface area (Å²) in [6.07, 6.45) is 0. The van der Waals surface area contributed by atoms with Crippen molar-refractivity contribution in [1.29, 1.82) is 0 Å². The summed E-state index contributed by atoms with van der Waals surface area (Å²) in [7, 11) is 0. The summed E-state index contributed by atoms with van der Waals surface area (Å²) >= 11 is 18.6. The Bertz CT molecular complexity index is 887. The molecule has 0 fully saturated rings. The van der Waals surface area contributed by atoms with Gasteiger partial charge in [-0.15, -0.1) is 0 Å². The van der Waals surface area contributed by atoms with E-state index in [-0.39, 0.29) is 24.0 Å². The van der Waals surface area contributed by atoms with E-state index >= 15 is 0 Å². The first kappa shape index (κ1) is 23.8. The molecule has 0 aliphatic rings. The van der Waals surface area contributed by atoms with Crippen LogP contribution < -0.4 is 20.3 Å². The van der Waals surface area contributed by atoms with Crippen molar-refractivity contribution >= 4 is 66.9 Å². The molecule has 6 nitrogen and oxygen atoms in total. The van der Waals surface area contributed by atoms with Crippen molar-refractivity contribution in [3.05, 3.63) is 54.9 Å². The largest absolute Gasteiger partial charge is 0.483 e. The summed E-state index contributed by atoms with van der Waals surface area (Å²) < 4.78 is 12.1. The molecule has 0 saturated heterocycles. The van der Waals surface area contributed by atoms with Crippen LogP contribution in [0.5, 0.6) is 11.5 Å². The number of rotatable bonds is 7. The number of benzene rings is 2. The standard InChI is InChI=1S/C19H18Br2Cl2N2O4/c1-10(2)11-3-4-16(13(20)5-11)28-8-17(26)24-25-18(27)9-29-19-14(21)6-12(22)7-15(19)23/h3-7,10H,8-9H2,1-2H3,(H,24,26)(H,25,27). The highest BCUT2D eigenvalue weighted by molar-refractivity contribution is 9.10. The topological polar surface area (TPSA) is 76.7 Å². The quantitative estimate of drug-likeness (QED) is 0.448. The van der Waals surface area contributed by atoms with Crippen molar-refractivity contribution in [3.63, 3.8) is 0 Å². The van der Waals surface area contributed by atoms with Gasteiger partial charge in [0.15, 0.2) is 19.0 Å². The molecule has 2 aromatic carbocycles. The molecule has 156 valence electrons. The van der Waals surface area contributed by atoms with Crippen LogP contribution in [0, 0.1) is 0 Å². The maximum absolute atomic E-state index is 11.9. The molecule has 2 N–H and O–H groups in total. The van der Waals surface area contributed by atoms with Crippen molar-refractivity contribution in [3.8, 4) is 11.5 Å². The van der Waals surface area contributed by atoms with E-state index in [4.69, 9.17) is 32.7 Å². The van der Waals surface area contributed by atoms with E-state index in [1.165, 1.54) is 6.07 Å². The van der Waals surface area contributed by atoms with E-state index < -0.39 is 11.8 Å². The number of carbonyl (C=O) groups is 2. The Labute approximate surface area is 195 Å². The second-order valence-corrected chi connectivity index (χ2v) is 8.77. The minimum Gasteiger partial charge on any atom is -0.483 e. The summed E-state index contributed by atoms with van der Waals surface area (Å²) in [6, 6.07) is 8.74. The van der Waals surface area contributed by atoms with Crippen LogP contribution in [0.2, 0.25) is 10.0 Å². The lowest BCUT2D eigenvalue weighted by molar-refractivity contribution is -0.131. The predicted octanol–water partition coefficient (Wildman–Crippen LogP) is 5.25. The number of carbonyl (C=O) groups excluding carboxylic acids is 2. The highest BCUT2D eigenvalue weighted by Crippen LogP contribution is 2.36. The van der Waals surface area contributed by atoms with E-state index in [2.05, 4.69) is 56.6 Å². The maximum Gasteiger partial charge on any atom is 0.276 e. The van der Waals surface area contributed by atoms with Crippen molar-refractivity contribution in [1.82, 2.24) is 10.9 Å². The second kappa shape index (κ2) is 11.1. The first-order valence-electron chi connectivity index (χ1n) is 8.44. The summed E-state index contributed by atoms with van der Waals surface area (Å²) in [5.41, 5.74) is 5.64. The van der Waals surface area contributed by atoms with Crippen LogP contribution in [0.25, 0.3) is 0 Å². The molecule has 0 bridgehead atoms. The van der Waals surface area contributed by atoms with E-state index in [1.807, 2.05) is 12.1 Å². The Morgan fingerprint density at radius 3 is 2.14 bits per heavy atom. The van der Waals surface area contributed by atoms with Gasteiger partial charge in [-0.1, -0.05) is 43.1 Å². The number of amides is 2. The lowest BCUT2D eigenvalue weighted by Crippen LogP contribution is -2.45. The van der Waals surface area contributed by atoms with Crippen LogP contribution in [0.1, 0.15) is 25.3 Å². The van der Waals surface area contributed by atoms with E-state index in [0.717, 1.165) is 10.0 Å². The van der Waals surface area contributed by atoms with Crippen molar-refractivity contribution < 1.29 is 19.1 Å². The minimum atomic E-state index is -0.571. The van der Waals surface area contributed by atoms with Gasteiger partial charge in [-0.3, -0.25) is 20.4 Å². The Morgan fingerprint density at radius 1 is 0.966 bits per heavy atom. The average molecular weight is 569 g/mol. The molecule has 10 heteroatoms. The molecule has 0 aromatic heterocycles. The number of hydrogen-bond acceptors (Lipinski definition) is 4. The molecular formula is C19H18Br2Cl2N2O4. The molecule has 0 heterocycles. The molecule has 2 amide bonds. The normalized spacial score (nSPS) is 10.6. The lowest BCUT2D eigenvalue weighted by Gasteiger charge is -2.13. The van der Waals surface area contributed by atoms with E-state index in [1.54, 1.807) is 12.1 Å². The zero-order chi connectivity index (χ0) is 21.6. The summed E-state index contributed by atoms with van der Waals surface area (Å²) in [5.74, 6) is 0.0871. The Hall–Kier alpha value is -1.48. The van der Waals surface area contributed by atoms with Gasteiger partial charge in [-0.05, 0) is 67.6 Å². The molecule has 0 aliphatic heterocycles. The smallest absolute Gasteiger partial charge is 0.276 e. The number of halogens is 4. The van der Waals surface area contributed by atoms with Crippen LogP contribution in [0.3, 0.4) is 0 Å². The van der Waals surface area contributed by atoms with E-state index in [9.17, 15) is 9.59 Å². The third-order valence-electron chi connectivity index (χ3n) is 3.63. The van der Waals surface area contributed by atoms with Gasteiger partial charge < -0.3 is 9.47 Å². The Morgan fingerprint density at radius 2 is 1.59 bits per heavy atom. The molecule has 0 unspecified atom stereocenters. The Kier molecular flexibility index (Phi) is 9.07. The highest BCUT2D eigenvalue weighted by Gasteiger charge is 2.12. The molecule has 0 atom stereocenters. The molecule has 0 spiro atoms. The van der Waals surface area contributed by atoms with Crippen LogP contribution in [-0.2, 0) is 9.59 Å². The van der Waals surface area contributed by atoms with Crippen LogP contribution in [0.4, 0.5) is 0 Å². The van der Waals surface area contributed by atoms with Gasteiger partial charge in [-0.25, -0.2) is 0 Å². The summed E-state index contributed by atoms with van der Waals surface area (Å²) in [4.78, 5) is 23.7. The molecule has 0 radical (unpaired) electrons. The number of hydrogen-bond donors (Lipinski definition) is 2. The minimum absolute atomic E-state index is 0.253. The second-order valence-electron chi connectivity index (χ2n) is 6.22. The monoisotopic (exact) mass is 566 g/mol. The van der Waals surface area contributed by atoms with Crippen LogP contribution >= 0.6 is 55.1 Å². The van der Waals surface area contributed by atoms with Gasteiger partial charge in [0.2, 0.25) is 0 Å². The fourth-order valence-corrected chi connectivity index (χ4v) is 4.03. The number of nitrogens with one attached hydrogen (secondary N) is 2. The predicted molar refractivity (Wildman–Crippen MR) is 120 cm³/mol. The van der Waals surface area contributed by atoms with Crippen LogP contribution in [0.15, 0.2) is 39.3 Å². The summed E-state index contributed by atoms with van der Waals surface area (Å²) in [5, 5.41) is 0.681. The third kappa shape index (κ3) is 7.37. The SMILES string of the molecule is CC(C)c1ccc(OCC(=O)NNC(=O)COc2c(Cl)cc(Cl)cc2Br)c(Br)c1. The highest BCUT2D eigenvalue weighted by atomic mass is 79.9. The van der Waals surface area contributed by atoms with Gasteiger partial charge in [-0.2, -0.15) is 0 Å². The number of hydrazine groups is 1. The Balaban J connectivity index is 1.77. The molecule has 2 aromatic rings. The van der Waals surface area contributed by atoms with Gasteiger partial charge in [0.1, 0.15) is 5.75 Å². The van der Waals surface area contributed by atoms with Gasteiger partial charge in [0.05, 0.1) is 14.0 Å². The molecule has 2 rings (SSSR count). The van der Waals surface area contributed by atoms with Gasteiger partial charge in [0, 0.05) is 5.02 Å². The fraction of sp³-hybridized carbons (Fsp3) is 0.263. The lowest BCUT2D eigenvalue weighted by atomic mass is 10.0. The van der Waals surface area contributed by atoms with Crippen molar-refractivity contribution in [2.45, 2.75) is 19.8 Å². The van der Waals surface area contributed by atoms with Gasteiger partial charge >= 0.3 is 0 Å². The molecular weight excluding hydrogens is 551 g/mol. The fourth-order valence-electron chi connectivity index (χ4n) is 2.15. The molecule has 0 aliphatic carbocycles. The molecule has 0 saturated carbocycles.